The molecule has 0 radical (unpaired) electrons. The molecule has 1 N–H and O–H groups in total. The Morgan fingerprint density at radius 1 is 1.44 bits per heavy atom. The monoisotopic (exact) mass is 316 g/mol. The number of fused-ring (bicyclic) bond motifs is 1. The van der Waals surface area contributed by atoms with Crippen LogP contribution in [0, 0.1) is 17.0 Å². The molecule has 0 aliphatic carbocycles. The van der Waals surface area contributed by atoms with Crippen LogP contribution < -0.4 is 16.0 Å². The van der Waals surface area contributed by atoms with E-state index in [0.29, 0.717) is 16.6 Å². The van der Waals surface area contributed by atoms with Gasteiger partial charge in [-0.25, -0.2) is 0 Å². The number of nitro groups is 1. The molecule has 1 aromatic carbocycles. The van der Waals surface area contributed by atoms with Gasteiger partial charge in [0.25, 0.3) is 0 Å². The number of hydrogen-bond acceptors (Lipinski definition) is 4. The van der Waals surface area contributed by atoms with Crippen molar-refractivity contribution in [1.29, 1.82) is 0 Å². The van der Waals surface area contributed by atoms with E-state index in [4.69, 9.17) is 0 Å². The minimum atomic E-state index is -2.70. The molecular weight excluding hydrogens is 303 g/mol. The summed E-state index contributed by atoms with van der Waals surface area (Å²) < 4.78 is 19.2. The van der Waals surface area contributed by atoms with Gasteiger partial charge in [0.05, 0.1) is 0 Å². The number of nitrogens with zero attached hydrogens (tertiary/aromatic N) is 3. The Labute approximate surface area is 107 Å². The molecule has 0 bridgehead atoms. The van der Waals surface area contributed by atoms with E-state index in [0.717, 1.165) is 13.0 Å². The molecule has 1 unspecified atom stereocenters. The van der Waals surface area contributed by atoms with Crippen LogP contribution in [0.1, 0.15) is 18.9 Å². The van der Waals surface area contributed by atoms with E-state index in [1.807, 2.05) is 6.92 Å². The average Bonchev–Trinajstić information content (AvgIpc) is 2.66. The second-order valence-corrected chi connectivity index (χ2v) is 5.62. The van der Waals surface area contributed by atoms with Crippen LogP contribution in [0.3, 0.4) is 0 Å². The Bertz CT molecular complexity index is 656. The molecule has 0 fully saturated rings. The maximum absolute atomic E-state index is 11.4. The standard InChI is InChI=1S/C10H12N4O3Se/c1-3-4-11-7-5-6(2)10(14(15)16)9-8(7)12-18(17)13-9/h5,11H,3-4H2,1-2H3. The molecule has 96 valence electrons. The Morgan fingerprint density at radius 3 is 2.72 bits per heavy atom. The summed E-state index contributed by atoms with van der Waals surface area (Å²) in [7, 11) is 0. The van der Waals surface area contributed by atoms with E-state index < -0.39 is 19.2 Å². The summed E-state index contributed by atoms with van der Waals surface area (Å²) in [4.78, 5) is 10.5. The molecule has 0 saturated carbocycles. The van der Waals surface area contributed by atoms with Crippen molar-refractivity contribution in [3.8, 4) is 0 Å². The van der Waals surface area contributed by atoms with Crippen molar-refractivity contribution in [3.63, 3.8) is 0 Å². The summed E-state index contributed by atoms with van der Waals surface area (Å²) in [6.45, 7) is 4.38. The fourth-order valence-corrected chi connectivity index (χ4v) is 3.25. The van der Waals surface area contributed by atoms with Crippen molar-refractivity contribution in [2.24, 2.45) is 8.02 Å². The van der Waals surface area contributed by atoms with Crippen molar-refractivity contribution >= 4 is 25.6 Å². The molecule has 0 aromatic heterocycles. The Hall–Kier alpha value is -1.66. The van der Waals surface area contributed by atoms with Crippen molar-refractivity contribution in [2.45, 2.75) is 20.3 Å². The molecule has 0 spiro atoms. The van der Waals surface area contributed by atoms with Crippen LogP contribution in [0.25, 0.3) is 0 Å². The van der Waals surface area contributed by atoms with Crippen LogP contribution in [0.4, 0.5) is 11.4 Å². The topological polar surface area (TPSA) is 97.0 Å². The average molecular weight is 315 g/mol. The van der Waals surface area contributed by atoms with Crippen LogP contribution in [0.15, 0.2) is 14.1 Å². The third kappa shape index (κ3) is 2.16. The van der Waals surface area contributed by atoms with Gasteiger partial charge in [0, 0.05) is 0 Å². The molecule has 2 rings (SSSR count). The number of nitro benzene ring substituents is 1. The second-order valence-electron chi connectivity index (χ2n) is 3.88. The first kappa shape index (κ1) is 12.8. The summed E-state index contributed by atoms with van der Waals surface area (Å²) in [6.07, 6.45) is 0.916. The van der Waals surface area contributed by atoms with Gasteiger partial charge in [-0.2, -0.15) is 0 Å². The first-order valence-corrected chi connectivity index (χ1v) is 7.69. The van der Waals surface area contributed by atoms with Gasteiger partial charge in [-0.1, -0.05) is 0 Å². The van der Waals surface area contributed by atoms with Gasteiger partial charge in [-0.3, -0.25) is 0 Å². The van der Waals surface area contributed by atoms with Crippen LogP contribution in [0.5, 0.6) is 0 Å². The van der Waals surface area contributed by atoms with E-state index in [2.05, 4.69) is 13.3 Å². The van der Waals surface area contributed by atoms with Crippen LogP contribution in [0.2, 0.25) is 0 Å². The van der Waals surface area contributed by atoms with E-state index >= 15 is 0 Å². The number of rotatable bonds is 4. The summed E-state index contributed by atoms with van der Waals surface area (Å²) in [5.41, 5.74) is 1.07. The van der Waals surface area contributed by atoms with Gasteiger partial charge in [-0.05, 0) is 0 Å². The fraction of sp³-hybridized carbons (Fsp3) is 0.400. The summed E-state index contributed by atoms with van der Waals surface area (Å²) in [5, 5.41) is 14.6. The molecule has 0 amide bonds. The molecule has 1 aromatic rings. The number of aryl methyl sites for hydroxylation is 1. The van der Waals surface area contributed by atoms with Gasteiger partial charge in [-0.15, -0.1) is 0 Å². The van der Waals surface area contributed by atoms with Gasteiger partial charge in [0.15, 0.2) is 0 Å². The zero-order valence-electron chi connectivity index (χ0n) is 9.97. The zero-order chi connectivity index (χ0) is 13.3. The van der Waals surface area contributed by atoms with Crippen molar-refractivity contribution in [1.82, 2.24) is 0 Å². The van der Waals surface area contributed by atoms with E-state index in [1.54, 1.807) is 13.0 Å². The Balaban J connectivity index is 2.71. The number of hydrogen-bond donors (Lipinski definition) is 1. The molecule has 18 heavy (non-hydrogen) atoms. The van der Waals surface area contributed by atoms with E-state index in [-0.39, 0.29) is 11.0 Å². The SMILES string of the molecule is CCCNc1cc(C)c([N+](=O)[O-])c2c1=N[Se](=O)N=2. The molecule has 1 heterocycles. The number of nitrogens with one attached hydrogen (secondary N) is 1. The first-order chi connectivity index (χ1) is 8.54. The zero-order valence-corrected chi connectivity index (χ0v) is 11.7. The van der Waals surface area contributed by atoms with E-state index in [1.165, 1.54) is 0 Å². The minimum absolute atomic E-state index is 0.0992. The fourth-order valence-electron chi connectivity index (χ4n) is 1.76. The molecule has 1 atom stereocenters. The van der Waals surface area contributed by atoms with Gasteiger partial charge >= 0.3 is 107 Å². The molecular formula is C10H12N4O3Se. The molecule has 7 nitrogen and oxygen atoms in total. The quantitative estimate of drug-likeness (QED) is 0.494. The third-order valence-electron chi connectivity index (χ3n) is 2.52. The molecule has 8 heteroatoms. The van der Waals surface area contributed by atoms with Crippen LogP contribution >= 0.6 is 0 Å². The van der Waals surface area contributed by atoms with Gasteiger partial charge in [0.1, 0.15) is 0 Å². The molecule has 1 aliphatic heterocycles. The third-order valence-corrected chi connectivity index (χ3v) is 3.95. The first-order valence-electron chi connectivity index (χ1n) is 5.46. The maximum atomic E-state index is 11.4. The molecule has 1 aliphatic rings. The van der Waals surface area contributed by atoms with E-state index in [9.17, 15) is 13.9 Å². The predicted octanol–water partition coefficient (Wildman–Crippen LogP) is 0.393. The van der Waals surface area contributed by atoms with Crippen LogP contribution in [-0.2, 0) is 3.83 Å². The summed E-state index contributed by atoms with van der Waals surface area (Å²) in [6, 6.07) is 1.66. The predicted molar refractivity (Wildman–Crippen MR) is 65.4 cm³/mol. The summed E-state index contributed by atoms with van der Waals surface area (Å²) in [5.74, 6) is 0. The number of anilines is 1. The van der Waals surface area contributed by atoms with Gasteiger partial charge < -0.3 is 0 Å². The van der Waals surface area contributed by atoms with Crippen molar-refractivity contribution < 1.29 is 8.76 Å². The second kappa shape index (κ2) is 4.91. The van der Waals surface area contributed by atoms with Crippen molar-refractivity contribution in [3.05, 3.63) is 32.5 Å². The number of benzene rings is 1. The van der Waals surface area contributed by atoms with Gasteiger partial charge in [0.2, 0.25) is 0 Å². The Kier molecular flexibility index (Phi) is 3.49. The normalized spacial score (nSPS) is 16.7. The summed E-state index contributed by atoms with van der Waals surface area (Å²) >= 11 is -2.70. The van der Waals surface area contributed by atoms with Crippen molar-refractivity contribution in [2.75, 3.05) is 11.9 Å². The Morgan fingerprint density at radius 2 is 2.11 bits per heavy atom. The molecule has 0 saturated heterocycles. The van der Waals surface area contributed by atoms with Crippen LogP contribution in [-0.4, -0.2) is 25.7 Å².